The number of carbonyl (C=O) groups is 3. The highest BCUT2D eigenvalue weighted by molar-refractivity contribution is 6.34. The largest absolute Gasteiger partial charge is 0.372 e. The molecule has 6 nitrogen and oxygen atoms in total. The van der Waals surface area contributed by atoms with Crippen LogP contribution in [0.5, 0.6) is 0 Å². The standard InChI is InChI=1S/C22H22N2O4/c1-13-4-7-17(8-5-13)24-21(26)18-9-6-16(10-19(18)22(24)27)20(25)23-11-14(2)28-15(3)12-23/h4-10,14-15H,11-12H2,1-3H3. The number of carbonyl (C=O) groups excluding carboxylic acids is 3. The summed E-state index contributed by atoms with van der Waals surface area (Å²) in [6, 6.07) is 11.9. The highest BCUT2D eigenvalue weighted by Crippen LogP contribution is 2.29. The minimum absolute atomic E-state index is 0.0395. The van der Waals surface area contributed by atoms with Gasteiger partial charge in [0.1, 0.15) is 0 Å². The Morgan fingerprint density at radius 2 is 1.54 bits per heavy atom. The van der Waals surface area contributed by atoms with E-state index >= 15 is 0 Å². The first-order chi connectivity index (χ1) is 13.3. The minimum atomic E-state index is -0.401. The summed E-state index contributed by atoms with van der Waals surface area (Å²) in [5.41, 5.74) is 2.58. The maximum absolute atomic E-state index is 12.9. The highest BCUT2D eigenvalue weighted by Gasteiger charge is 2.37. The first-order valence-corrected chi connectivity index (χ1v) is 9.39. The Hall–Kier alpha value is -2.99. The van der Waals surface area contributed by atoms with Gasteiger partial charge in [0.2, 0.25) is 0 Å². The van der Waals surface area contributed by atoms with Crippen molar-refractivity contribution in [2.24, 2.45) is 0 Å². The molecule has 0 radical (unpaired) electrons. The molecule has 2 aromatic rings. The van der Waals surface area contributed by atoms with Gasteiger partial charge in [-0.25, -0.2) is 4.90 Å². The van der Waals surface area contributed by atoms with Crippen LogP contribution in [-0.4, -0.2) is 47.9 Å². The van der Waals surface area contributed by atoms with Gasteiger partial charge in [0.15, 0.2) is 0 Å². The highest BCUT2D eigenvalue weighted by atomic mass is 16.5. The van der Waals surface area contributed by atoms with Crippen molar-refractivity contribution in [1.82, 2.24) is 4.90 Å². The Morgan fingerprint density at radius 3 is 2.18 bits per heavy atom. The zero-order valence-corrected chi connectivity index (χ0v) is 16.1. The molecule has 6 heteroatoms. The summed E-state index contributed by atoms with van der Waals surface area (Å²) in [7, 11) is 0. The summed E-state index contributed by atoms with van der Waals surface area (Å²) in [4.78, 5) is 41.5. The average Bonchev–Trinajstić information content (AvgIpc) is 2.91. The van der Waals surface area contributed by atoms with E-state index in [1.54, 1.807) is 29.2 Å². The number of morpholine rings is 1. The van der Waals surface area contributed by atoms with Gasteiger partial charge in [-0.15, -0.1) is 0 Å². The average molecular weight is 378 g/mol. The molecule has 2 unspecified atom stereocenters. The zero-order valence-electron chi connectivity index (χ0n) is 16.1. The van der Waals surface area contributed by atoms with Gasteiger partial charge in [-0.1, -0.05) is 17.7 Å². The van der Waals surface area contributed by atoms with E-state index in [1.807, 2.05) is 32.9 Å². The van der Waals surface area contributed by atoms with Crippen LogP contribution in [0.1, 0.15) is 50.5 Å². The quantitative estimate of drug-likeness (QED) is 0.754. The third kappa shape index (κ3) is 3.10. The molecule has 0 aliphatic carbocycles. The molecule has 2 aliphatic heterocycles. The monoisotopic (exact) mass is 378 g/mol. The van der Waals surface area contributed by atoms with E-state index in [0.717, 1.165) is 10.5 Å². The number of aryl methyl sites for hydroxylation is 1. The lowest BCUT2D eigenvalue weighted by atomic mass is 10.0. The van der Waals surface area contributed by atoms with Gasteiger partial charge in [-0.2, -0.15) is 0 Å². The topological polar surface area (TPSA) is 66.9 Å². The molecule has 0 saturated carbocycles. The van der Waals surface area contributed by atoms with Crippen molar-refractivity contribution in [3.05, 3.63) is 64.7 Å². The second kappa shape index (κ2) is 6.87. The van der Waals surface area contributed by atoms with Crippen molar-refractivity contribution in [2.45, 2.75) is 33.0 Å². The molecule has 3 amide bonds. The van der Waals surface area contributed by atoms with Crippen LogP contribution in [0.3, 0.4) is 0 Å². The van der Waals surface area contributed by atoms with Crippen LogP contribution in [0.2, 0.25) is 0 Å². The molecule has 2 heterocycles. The maximum Gasteiger partial charge on any atom is 0.266 e. The number of imide groups is 1. The summed E-state index contributed by atoms with van der Waals surface area (Å²) in [5.74, 6) is -0.919. The third-order valence-electron chi connectivity index (χ3n) is 5.13. The molecule has 2 atom stereocenters. The molecule has 0 aromatic heterocycles. The predicted molar refractivity (Wildman–Crippen MR) is 105 cm³/mol. The van der Waals surface area contributed by atoms with Crippen LogP contribution in [-0.2, 0) is 4.74 Å². The van der Waals surface area contributed by atoms with E-state index in [4.69, 9.17) is 4.74 Å². The Bertz CT molecular complexity index is 957. The summed E-state index contributed by atoms with van der Waals surface area (Å²) in [5, 5.41) is 0. The first-order valence-electron chi connectivity index (χ1n) is 9.39. The number of rotatable bonds is 2. The minimum Gasteiger partial charge on any atom is -0.372 e. The summed E-state index contributed by atoms with van der Waals surface area (Å²) in [6.45, 7) is 6.81. The van der Waals surface area contributed by atoms with Crippen LogP contribution in [0.4, 0.5) is 5.69 Å². The number of anilines is 1. The lowest BCUT2D eigenvalue weighted by molar-refractivity contribution is -0.0586. The molecule has 2 aliphatic rings. The fourth-order valence-corrected chi connectivity index (χ4v) is 3.83. The SMILES string of the molecule is Cc1ccc(N2C(=O)c3ccc(C(=O)N4CC(C)OC(C)C4)cc3C2=O)cc1. The fourth-order valence-electron chi connectivity index (χ4n) is 3.83. The van der Waals surface area contributed by atoms with Crippen LogP contribution < -0.4 is 4.90 Å². The van der Waals surface area contributed by atoms with Gasteiger partial charge in [-0.05, 0) is 51.1 Å². The summed E-state index contributed by atoms with van der Waals surface area (Å²) in [6.07, 6.45) is -0.0790. The second-order valence-corrected chi connectivity index (χ2v) is 7.51. The van der Waals surface area contributed by atoms with E-state index in [9.17, 15) is 14.4 Å². The number of hydrogen-bond acceptors (Lipinski definition) is 4. The number of fused-ring (bicyclic) bond motifs is 1. The van der Waals surface area contributed by atoms with Crippen molar-refractivity contribution in [1.29, 1.82) is 0 Å². The fraction of sp³-hybridized carbons (Fsp3) is 0.318. The van der Waals surface area contributed by atoms with Crippen LogP contribution in [0.15, 0.2) is 42.5 Å². The molecule has 4 rings (SSSR count). The molecule has 0 N–H and O–H groups in total. The lowest BCUT2D eigenvalue weighted by Gasteiger charge is -2.35. The Labute approximate surface area is 163 Å². The Kier molecular flexibility index (Phi) is 4.51. The Balaban J connectivity index is 1.63. The van der Waals surface area contributed by atoms with E-state index in [0.29, 0.717) is 29.9 Å². The predicted octanol–water partition coefficient (Wildman–Crippen LogP) is 3.05. The molecule has 2 aromatic carbocycles. The van der Waals surface area contributed by atoms with Gasteiger partial charge in [-0.3, -0.25) is 14.4 Å². The van der Waals surface area contributed by atoms with Crippen molar-refractivity contribution in [3.63, 3.8) is 0 Å². The number of nitrogens with zero attached hydrogens (tertiary/aromatic N) is 2. The second-order valence-electron chi connectivity index (χ2n) is 7.51. The van der Waals surface area contributed by atoms with Gasteiger partial charge in [0.05, 0.1) is 29.0 Å². The first kappa shape index (κ1) is 18.4. The maximum atomic E-state index is 12.9. The molecule has 0 spiro atoms. The molecule has 0 bridgehead atoms. The van der Waals surface area contributed by atoms with Gasteiger partial charge in [0, 0.05) is 18.7 Å². The molecule has 144 valence electrons. The third-order valence-corrected chi connectivity index (χ3v) is 5.13. The normalized spacial score (nSPS) is 21.8. The number of ether oxygens (including phenoxy) is 1. The van der Waals surface area contributed by atoms with E-state index in [-0.39, 0.29) is 29.6 Å². The smallest absolute Gasteiger partial charge is 0.266 e. The zero-order chi connectivity index (χ0) is 20.0. The molecular formula is C22H22N2O4. The van der Waals surface area contributed by atoms with Crippen molar-refractivity contribution < 1.29 is 19.1 Å². The summed E-state index contributed by atoms with van der Waals surface area (Å²) >= 11 is 0. The molecule has 28 heavy (non-hydrogen) atoms. The van der Waals surface area contributed by atoms with Crippen molar-refractivity contribution in [2.75, 3.05) is 18.0 Å². The van der Waals surface area contributed by atoms with E-state index < -0.39 is 5.91 Å². The van der Waals surface area contributed by atoms with Gasteiger partial charge < -0.3 is 9.64 Å². The van der Waals surface area contributed by atoms with Gasteiger partial charge in [0.25, 0.3) is 17.7 Å². The van der Waals surface area contributed by atoms with Crippen molar-refractivity contribution in [3.8, 4) is 0 Å². The molecule has 1 saturated heterocycles. The lowest BCUT2D eigenvalue weighted by Crippen LogP contribution is -2.48. The number of hydrogen-bond donors (Lipinski definition) is 0. The van der Waals surface area contributed by atoms with Gasteiger partial charge >= 0.3 is 0 Å². The van der Waals surface area contributed by atoms with Crippen LogP contribution >= 0.6 is 0 Å². The molecular weight excluding hydrogens is 356 g/mol. The van der Waals surface area contributed by atoms with E-state index in [1.165, 1.54) is 6.07 Å². The Morgan fingerprint density at radius 1 is 0.929 bits per heavy atom. The van der Waals surface area contributed by atoms with Crippen LogP contribution in [0.25, 0.3) is 0 Å². The van der Waals surface area contributed by atoms with E-state index in [2.05, 4.69) is 0 Å². The van der Waals surface area contributed by atoms with Crippen LogP contribution in [0, 0.1) is 6.92 Å². The molecule has 1 fully saturated rings. The number of benzene rings is 2. The number of amides is 3. The summed E-state index contributed by atoms with van der Waals surface area (Å²) < 4.78 is 5.68. The van der Waals surface area contributed by atoms with Crippen molar-refractivity contribution >= 4 is 23.4 Å².